The number of amides is 1. The maximum atomic E-state index is 12.9. The standard InChI is InChI=1S/C20H18ClN3O4/c21-14-3-5-15(6-4-14)24-17(18-2-1-11-28-18)12-16(22-24)19(25)23-9-7-13(8-10-23)20(26)27/h1-6,11-13H,7-10H2,(H,26,27). The summed E-state index contributed by atoms with van der Waals surface area (Å²) in [4.78, 5) is 25.7. The van der Waals surface area contributed by atoms with E-state index in [4.69, 9.17) is 21.1 Å². The smallest absolute Gasteiger partial charge is 0.306 e. The molecule has 1 aliphatic rings. The molecule has 3 aromatic rings. The van der Waals surface area contributed by atoms with Crippen molar-refractivity contribution in [2.45, 2.75) is 12.8 Å². The molecule has 0 atom stereocenters. The van der Waals surface area contributed by atoms with Crippen LogP contribution in [0.1, 0.15) is 23.3 Å². The normalized spacial score (nSPS) is 15.0. The van der Waals surface area contributed by atoms with Gasteiger partial charge in [0.05, 0.1) is 17.9 Å². The van der Waals surface area contributed by atoms with Crippen LogP contribution in [0.15, 0.2) is 53.1 Å². The zero-order valence-electron chi connectivity index (χ0n) is 14.9. The first-order chi connectivity index (χ1) is 13.5. The molecule has 8 heteroatoms. The van der Waals surface area contributed by atoms with Crippen LogP contribution in [-0.2, 0) is 4.79 Å². The number of nitrogens with zero attached hydrogens (tertiary/aromatic N) is 3. The van der Waals surface area contributed by atoms with Gasteiger partial charge in [-0.05, 0) is 49.2 Å². The predicted molar refractivity (Wildman–Crippen MR) is 103 cm³/mol. The summed E-state index contributed by atoms with van der Waals surface area (Å²) in [6, 6.07) is 12.4. The number of carbonyl (C=O) groups is 2. The number of piperidine rings is 1. The Bertz CT molecular complexity index is 987. The lowest BCUT2D eigenvalue weighted by Gasteiger charge is -2.29. The van der Waals surface area contributed by atoms with Gasteiger partial charge in [-0.25, -0.2) is 4.68 Å². The second kappa shape index (κ2) is 7.52. The number of hydrogen-bond donors (Lipinski definition) is 1. The molecule has 144 valence electrons. The molecule has 0 bridgehead atoms. The van der Waals surface area contributed by atoms with Gasteiger partial charge in [0.25, 0.3) is 5.91 Å². The zero-order valence-corrected chi connectivity index (χ0v) is 15.7. The van der Waals surface area contributed by atoms with E-state index in [9.17, 15) is 9.59 Å². The van der Waals surface area contributed by atoms with Crippen LogP contribution in [0.25, 0.3) is 17.1 Å². The lowest BCUT2D eigenvalue weighted by Crippen LogP contribution is -2.40. The second-order valence-electron chi connectivity index (χ2n) is 6.69. The number of benzene rings is 1. The summed E-state index contributed by atoms with van der Waals surface area (Å²) in [7, 11) is 0. The maximum Gasteiger partial charge on any atom is 0.306 e. The molecule has 7 nitrogen and oxygen atoms in total. The van der Waals surface area contributed by atoms with Gasteiger partial charge in [0.15, 0.2) is 11.5 Å². The Morgan fingerprint density at radius 1 is 1.14 bits per heavy atom. The number of halogens is 1. The number of aromatic nitrogens is 2. The highest BCUT2D eigenvalue weighted by atomic mass is 35.5. The van der Waals surface area contributed by atoms with Crippen molar-refractivity contribution in [2.75, 3.05) is 13.1 Å². The number of aliphatic carboxylic acids is 1. The summed E-state index contributed by atoms with van der Waals surface area (Å²) in [5, 5.41) is 14.2. The Hall–Kier alpha value is -3.06. The van der Waals surface area contributed by atoms with Crippen molar-refractivity contribution in [3.05, 3.63) is 59.4 Å². The van der Waals surface area contributed by atoms with E-state index in [1.54, 1.807) is 46.2 Å². The Balaban J connectivity index is 1.65. The quantitative estimate of drug-likeness (QED) is 0.722. The Morgan fingerprint density at radius 3 is 2.46 bits per heavy atom. The first-order valence-corrected chi connectivity index (χ1v) is 9.32. The zero-order chi connectivity index (χ0) is 19.7. The van der Waals surface area contributed by atoms with E-state index >= 15 is 0 Å². The molecule has 0 aliphatic carbocycles. The Morgan fingerprint density at radius 2 is 1.86 bits per heavy atom. The van der Waals surface area contributed by atoms with Crippen LogP contribution in [0.5, 0.6) is 0 Å². The molecule has 1 fully saturated rings. The topological polar surface area (TPSA) is 88.6 Å². The van der Waals surface area contributed by atoms with Gasteiger partial charge in [0, 0.05) is 24.2 Å². The summed E-state index contributed by atoms with van der Waals surface area (Å²) in [6.07, 6.45) is 2.46. The van der Waals surface area contributed by atoms with Crippen LogP contribution in [0, 0.1) is 5.92 Å². The third-order valence-electron chi connectivity index (χ3n) is 4.90. The lowest BCUT2D eigenvalue weighted by molar-refractivity contribution is -0.143. The molecule has 1 saturated heterocycles. The van der Waals surface area contributed by atoms with Crippen molar-refractivity contribution in [1.29, 1.82) is 0 Å². The van der Waals surface area contributed by atoms with Crippen molar-refractivity contribution >= 4 is 23.5 Å². The summed E-state index contributed by atoms with van der Waals surface area (Å²) < 4.78 is 7.15. The number of hydrogen-bond acceptors (Lipinski definition) is 4. The lowest BCUT2D eigenvalue weighted by atomic mass is 9.97. The molecule has 4 rings (SSSR count). The molecule has 1 aliphatic heterocycles. The van der Waals surface area contributed by atoms with Gasteiger partial charge >= 0.3 is 5.97 Å². The highest BCUT2D eigenvalue weighted by Gasteiger charge is 2.29. The van der Waals surface area contributed by atoms with E-state index in [2.05, 4.69) is 5.10 Å². The maximum absolute atomic E-state index is 12.9. The van der Waals surface area contributed by atoms with E-state index in [1.807, 2.05) is 12.1 Å². The van der Waals surface area contributed by atoms with Crippen LogP contribution in [0.4, 0.5) is 0 Å². The molecule has 28 heavy (non-hydrogen) atoms. The minimum Gasteiger partial charge on any atom is -0.481 e. The molecular weight excluding hydrogens is 382 g/mol. The summed E-state index contributed by atoms with van der Waals surface area (Å²) in [5.74, 6) is -0.830. The van der Waals surface area contributed by atoms with Crippen LogP contribution >= 0.6 is 11.6 Å². The van der Waals surface area contributed by atoms with Gasteiger partial charge in [-0.1, -0.05) is 11.6 Å². The van der Waals surface area contributed by atoms with Gasteiger partial charge in [-0.3, -0.25) is 9.59 Å². The van der Waals surface area contributed by atoms with E-state index in [1.165, 1.54) is 0 Å². The monoisotopic (exact) mass is 399 g/mol. The summed E-state index contributed by atoms with van der Waals surface area (Å²) in [5.41, 5.74) is 1.69. The minimum atomic E-state index is -0.806. The van der Waals surface area contributed by atoms with E-state index in [0.717, 1.165) is 5.69 Å². The largest absolute Gasteiger partial charge is 0.481 e. The highest BCUT2D eigenvalue weighted by Crippen LogP contribution is 2.27. The van der Waals surface area contributed by atoms with Crippen LogP contribution in [0.3, 0.4) is 0 Å². The molecule has 0 spiro atoms. The van der Waals surface area contributed by atoms with E-state index in [0.29, 0.717) is 42.4 Å². The fourth-order valence-electron chi connectivity index (χ4n) is 3.36. The number of rotatable bonds is 4. The van der Waals surface area contributed by atoms with Crippen LogP contribution < -0.4 is 0 Å². The summed E-state index contributed by atoms with van der Waals surface area (Å²) in [6.45, 7) is 0.805. The molecule has 0 radical (unpaired) electrons. The van der Waals surface area contributed by atoms with Gasteiger partial charge in [-0.2, -0.15) is 5.10 Å². The Kier molecular flexibility index (Phi) is 4.92. The van der Waals surface area contributed by atoms with Gasteiger partial charge < -0.3 is 14.4 Å². The Labute approximate surface area is 166 Å². The average Bonchev–Trinajstić information content (AvgIpc) is 3.38. The third kappa shape index (κ3) is 3.53. The van der Waals surface area contributed by atoms with Gasteiger partial charge in [-0.15, -0.1) is 0 Å². The third-order valence-corrected chi connectivity index (χ3v) is 5.16. The summed E-state index contributed by atoms with van der Waals surface area (Å²) >= 11 is 5.98. The first kappa shape index (κ1) is 18.3. The highest BCUT2D eigenvalue weighted by molar-refractivity contribution is 6.30. The van der Waals surface area contributed by atoms with E-state index < -0.39 is 11.9 Å². The molecular formula is C20H18ClN3O4. The van der Waals surface area contributed by atoms with Crippen LogP contribution in [-0.4, -0.2) is 44.8 Å². The van der Waals surface area contributed by atoms with Crippen LogP contribution in [0.2, 0.25) is 5.02 Å². The molecule has 0 unspecified atom stereocenters. The fourth-order valence-corrected chi connectivity index (χ4v) is 3.48. The predicted octanol–water partition coefficient (Wildman–Crippen LogP) is 3.72. The number of carboxylic acids is 1. The molecule has 3 heterocycles. The fraction of sp³-hybridized carbons (Fsp3) is 0.250. The minimum absolute atomic E-state index is 0.218. The van der Waals surface area contributed by atoms with Gasteiger partial charge in [0.2, 0.25) is 0 Å². The number of carbonyl (C=O) groups excluding carboxylic acids is 1. The number of carboxylic acid groups (broad SMARTS) is 1. The SMILES string of the molecule is O=C(O)C1CCN(C(=O)c2cc(-c3ccco3)n(-c3ccc(Cl)cc3)n2)CC1. The molecule has 0 saturated carbocycles. The molecule has 1 amide bonds. The van der Waals surface area contributed by atoms with Crippen molar-refractivity contribution in [3.63, 3.8) is 0 Å². The second-order valence-corrected chi connectivity index (χ2v) is 7.12. The first-order valence-electron chi connectivity index (χ1n) is 8.95. The average molecular weight is 400 g/mol. The molecule has 1 N–H and O–H groups in total. The van der Waals surface area contributed by atoms with E-state index in [-0.39, 0.29) is 11.6 Å². The molecule has 2 aromatic heterocycles. The number of furan rings is 1. The van der Waals surface area contributed by atoms with Crippen molar-refractivity contribution in [1.82, 2.24) is 14.7 Å². The van der Waals surface area contributed by atoms with Gasteiger partial charge in [0.1, 0.15) is 5.69 Å². The van der Waals surface area contributed by atoms with Crippen molar-refractivity contribution < 1.29 is 19.1 Å². The van der Waals surface area contributed by atoms with Crippen molar-refractivity contribution in [2.24, 2.45) is 5.92 Å². The molecule has 1 aromatic carbocycles. The number of likely N-dealkylation sites (tertiary alicyclic amines) is 1. The van der Waals surface area contributed by atoms with Crippen molar-refractivity contribution in [3.8, 4) is 17.1 Å².